The third-order valence-corrected chi connectivity index (χ3v) is 7.38. The van der Waals surface area contributed by atoms with Crippen LogP contribution < -0.4 is 19.7 Å². The van der Waals surface area contributed by atoms with Crippen molar-refractivity contribution in [3.8, 4) is 11.5 Å². The lowest BCUT2D eigenvalue weighted by atomic mass is 9.84. The number of carboxylic acid groups (broad SMARTS) is 2. The van der Waals surface area contributed by atoms with Gasteiger partial charge in [0.05, 0.1) is 37.6 Å². The molecule has 0 aliphatic carbocycles. The van der Waals surface area contributed by atoms with Crippen molar-refractivity contribution in [1.29, 1.82) is 5.41 Å². The van der Waals surface area contributed by atoms with Gasteiger partial charge in [-0.3, -0.25) is 15.0 Å². The van der Waals surface area contributed by atoms with Gasteiger partial charge in [-0.15, -0.1) is 0 Å². The maximum absolute atomic E-state index is 13.8. The first kappa shape index (κ1) is 37.6. The van der Waals surface area contributed by atoms with Crippen LogP contribution in [0.2, 0.25) is 0 Å². The lowest BCUT2D eigenvalue weighted by Gasteiger charge is -2.33. The highest BCUT2D eigenvalue weighted by molar-refractivity contribution is 6.08. The number of amides is 1. The van der Waals surface area contributed by atoms with Gasteiger partial charge in [0, 0.05) is 43.4 Å². The molecular formula is C32H39F3N4O9. The average Bonchev–Trinajstić information content (AvgIpc) is 3.32. The second-order valence-corrected chi connectivity index (χ2v) is 11.9. The number of hydrogen-bond acceptors (Lipinski definition) is 9. The topological polar surface area (TPSA) is 179 Å². The predicted molar refractivity (Wildman–Crippen MR) is 168 cm³/mol. The summed E-state index contributed by atoms with van der Waals surface area (Å²) in [6, 6.07) is 6.94. The Morgan fingerprint density at radius 2 is 1.65 bits per heavy atom. The van der Waals surface area contributed by atoms with Gasteiger partial charge in [-0.1, -0.05) is 20.8 Å². The van der Waals surface area contributed by atoms with Crippen LogP contribution in [0.15, 0.2) is 24.3 Å². The highest BCUT2D eigenvalue weighted by Crippen LogP contribution is 2.41. The van der Waals surface area contributed by atoms with E-state index in [0.717, 1.165) is 11.1 Å². The van der Waals surface area contributed by atoms with E-state index in [0.29, 0.717) is 73.3 Å². The molecule has 13 nitrogen and oxygen atoms in total. The summed E-state index contributed by atoms with van der Waals surface area (Å²) in [5.74, 6) is -3.30. The van der Waals surface area contributed by atoms with E-state index < -0.39 is 30.1 Å². The lowest BCUT2D eigenvalue weighted by Crippen LogP contribution is -2.37. The summed E-state index contributed by atoms with van der Waals surface area (Å²) in [5, 5.41) is 27.8. The lowest BCUT2D eigenvalue weighted by molar-refractivity contribution is -0.192. The number of carbonyl (C=O) groups is 4. The fraction of sp³-hybridized carbons (Fsp3) is 0.469. The molecule has 2 heterocycles. The number of Topliss-reactive ketones (excluding diaryl/α,β-unsaturated/α-hetero) is 1. The number of nitrogens with one attached hydrogen (secondary N) is 2. The van der Waals surface area contributed by atoms with Gasteiger partial charge >= 0.3 is 18.1 Å². The van der Waals surface area contributed by atoms with Crippen LogP contribution in [0.1, 0.15) is 65.1 Å². The van der Waals surface area contributed by atoms with Gasteiger partial charge in [0.15, 0.2) is 12.4 Å². The molecule has 2 aliphatic heterocycles. The number of nitrogens with zero attached hydrogens (tertiary/aromatic N) is 2. The number of rotatable bonds is 10. The quantitative estimate of drug-likeness (QED) is 0.269. The van der Waals surface area contributed by atoms with Crippen LogP contribution in [0.5, 0.6) is 11.5 Å². The van der Waals surface area contributed by atoms with Crippen LogP contribution in [0.3, 0.4) is 0 Å². The molecule has 0 spiro atoms. The second-order valence-electron chi connectivity index (χ2n) is 11.9. The van der Waals surface area contributed by atoms with Gasteiger partial charge in [0.25, 0.3) is 5.91 Å². The highest BCUT2D eigenvalue weighted by atomic mass is 19.4. The molecule has 1 fully saturated rings. The Labute approximate surface area is 275 Å². The first-order chi connectivity index (χ1) is 22.4. The number of ketones is 1. The van der Waals surface area contributed by atoms with Gasteiger partial charge in [0.2, 0.25) is 0 Å². The third-order valence-electron chi connectivity index (χ3n) is 7.38. The number of halogens is 3. The van der Waals surface area contributed by atoms with E-state index >= 15 is 0 Å². The van der Waals surface area contributed by atoms with Crippen molar-refractivity contribution in [2.24, 2.45) is 0 Å². The number of amidine groups is 1. The highest BCUT2D eigenvalue weighted by Gasteiger charge is 2.38. The van der Waals surface area contributed by atoms with Gasteiger partial charge in [-0.25, -0.2) is 9.59 Å². The van der Waals surface area contributed by atoms with Crippen molar-refractivity contribution >= 4 is 35.2 Å². The number of carboxylic acids is 2. The first-order valence-electron chi connectivity index (χ1n) is 14.9. The largest absolute Gasteiger partial charge is 0.493 e. The van der Waals surface area contributed by atoms with Crippen LogP contribution in [-0.4, -0.2) is 104 Å². The monoisotopic (exact) mass is 680 g/mol. The molecule has 262 valence electrons. The minimum absolute atomic E-state index is 0.0474. The van der Waals surface area contributed by atoms with E-state index in [-0.39, 0.29) is 24.1 Å². The molecule has 0 atom stereocenters. The summed E-state index contributed by atoms with van der Waals surface area (Å²) in [7, 11) is 1.54. The molecule has 0 saturated carbocycles. The molecule has 0 bridgehead atoms. The maximum atomic E-state index is 13.8. The zero-order valence-corrected chi connectivity index (χ0v) is 27.2. The van der Waals surface area contributed by atoms with Crippen molar-refractivity contribution in [2.45, 2.75) is 45.8 Å². The minimum atomic E-state index is -5.08. The molecule has 0 aromatic heterocycles. The van der Waals surface area contributed by atoms with Crippen molar-refractivity contribution < 1.29 is 56.8 Å². The van der Waals surface area contributed by atoms with E-state index in [4.69, 9.17) is 29.5 Å². The Bertz CT molecular complexity index is 1570. The summed E-state index contributed by atoms with van der Waals surface area (Å²) < 4.78 is 48.8. The zero-order chi connectivity index (χ0) is 36.0. The van der Waals surface area contributed by atoms with Gasteiger partial charge in [-0.05, 0) is 42.2 Å². The molecule has 2 aromatic rings. The normalized spacial score (nSPS) is 14.5. The fourth-order valence-corrected chi connectivity index (χ4v) is 5.07. The Hall–Kier alpha value is -4.86. The standard InChI is InChI=1S/C30H38N4O7.C2HF3O2/c1-6-40-25-13-19-15-34(28(31)20(19)14-21(25)29(38)32-5)16-24(35)18-11-22(30(2,3)4)27(41-17-26(36)37)23(12-18)33-7-9-39-10-8-33;3-2(4,5)1(6)7/h11-14,31H,6-10,15-17H2,1-5H3,(H,32,38)(H,36,37);(H,6,7). The van der Waals surface area contributed by atoms with Gasteiger partial charge < -0.3 is 39.5 Å². The van der Waals surface area contributed by atoms with Crippen LogP contribution in [0, 0.1) is 5.41 Å². The second kappa shape index (κ2) is 15.4. The molecular weight excluding hydrogens is 641 g/mol. The Kier molecular flexibility index (Phi) is 12.0. The molecule has 4 rings (SSSR count). The van der Waals surface area contributed by atoms with Crippen LogP contribution >= 0.6 is 0 Å². The first-order valence-corrected chi connectivity index (χ1v) is 14.9. The Morgan fingerprint density at radius 1 is 1.02 bits per heavy atom. The molecule has 1 saturated heterocycles. The minimum Gasteiger partial charge on any atom is -0.493 e. The molecule has 16 heteroatoms. The van der Waals surface area contributed by atoms with Crippen LogP contribution in [0.4, 0.5) is 18.9 Å². The summed E-state index contributed by atoms with van der Waals surface area (Å²) in [4.78, 5) is 50.2. The van der Waals surface area contributed by atoms with Gasteiger partial charge in [0.1, 0.15) is 17.3 Å². The number of fused-ring (bicyclic) bond motifs is 1. The average molecular weight is 681 g/mol. The number of aliphatic carboxylic acids is 2. The van der Waals surface area contributed by atoms with Crippen LogP contribution in [-0.2, 0) is 26.3 Å². The number of alkyl halides is 3. The fourth-order valence-electron chi connectivity index (χ4n) is 5.07. The summed E-state index contributed by atoms with van der Waals surface area (Å²) >= 11 is 0. The van der Waals surface area contributed by atoms with Crippen molar-refractivity contribution in [1.82, 2.24) is 10.2 Å². The smallest absolute Gasteiger partial charge is 0.490 e. The predicted octanol–water partition coefficient (Wildman–Crippen LogP) is 3.70. The molecule has 0 radical (unpaired) electrons. The van der Waals surface area contributed by atoms with Crippen molar-refractivity contribution in [3.63, 3.8) is 0 Å². The number of anilines is 1. The van der Waals surface area contributed by atoms with Crippen molar-refractivity contribution in [2.75, 3.05) is 58.0 Å². The molecule has 2 aliphatic rings. The van der Waals surface area contributed by atoms with E-state index in [2.05, 4.69) is 10.2 Å². The molecule has 0 unspecified atom stereocenters. The van der Waals surface area contributed by atoms with E-state index in [1.807, 2.05) is 27.7 Å². The number of hydrogen-bond donors (Lipinski definition) is 4. The van der Waals surface area contributed by atoms with E-state index in [1.54, 1.807) is 29.2 Å². The number of ether oxygens (including phenoxy) is 3. The number of carbonyl (C=O) groups excluding carboxylic acids is 2. The molecule has 4 N–H and O–H groups in total. The van der Waals surface area contributed by atoms with Crippen molar-refractivity contribution in [3.05, 3.63) is 52.1 Å². The molecule has 48 heavy (non-hydrogen) atoms. The molecule has 1 amide bonds. The molecule has 2 aromatic carbocycles. The van der Waals surface area contributed by atoms with Gasteiger partial charge in [-0.2, -0.15) is 13.2 Å². The van der Waals surface area contributed by atoms with Crippen LogP contribution in [0.25, 0.3) is 0 Å². The summed E-state index contributed by atoms with van der Waals surface area (Å²) in [6.45, 7) is 10.1. The Balaban J connectivity index is 0.000000804. The summed E-state index contributed by atoms with van der Waals surface area (Å²) in [6.07, 6.45) is -5.08. The number of benzene rings is 2. The third kappa shape index (κ3) is 9.14. The SMILES string of the molecule is CCOc1cc2c(cc1C(=O)NC)C(=N)N(CC(=O)c1cc(N3CCOCC3)c(OCC(=O)O)c(C(C)(C)C)c1)C2.O=C(O)C(F)(F)F. The number of morpholine rings is 1. The van der Waals surface area contributed by atoms with E-state index in [1.165, 1.54) is 7.05 Å². The summed E-state index contributed by atoms with van der Waals surface area (Å²) in [5.41, 5.74) is 3.11. The zero-order valence-electron chi connectivity index (χ0n) is 27.2. The maximum Gasteiger partial charge on any atom is 0.490 e. The van der Waals surface area contributed by atoms with E-state index in [9.17, 15) is 32.7 Å². The Morgan fingerprint density at radius 3 is 2.17 bits per heavy atom.